The average Bonchev–Trinajstić information content (AvgIpc) is 2.26. The summed E-state index contributed by atoms with van der Waals surface area (Å²) in [5.74, 6) is 0. The van der Waals surface area contributed by atoms with E-state index in [9.17, 15) is 0 Å². The van der Waals surface area contributed by atoms with Gasteiger partial charge in [-0.3, -0.25) is 0 Å². The second-order valence-corrected chi connectivity index (χ2v) is 5.59. The third-order valence-corrected chi connectivity index (χ3v) is 2.82. The number of nitrogens with two attached hydrogens (primary N) is 1. The Balaban J connectivity index is 3.69. The molecule has 0 aliphatic heterocycles. The molecule has 0 unspecified atom stereocenters. The first-order valence-corrected chi connectivity index (χ1v) is 7.23. The molecule has 0 radical (unpaired) electrons. The molecule has 3 N–H and O–H groups in total. The van der Waals surface area contributed by atoms with Crippen molar-refractivity contribution in [3.63, 3.8) is 0 Å². The van der Waals surface area contributed by atoms with Gasteiger partial charge in [-0.15, -0.1) is 0 Å². The highest BCUT2D eigenvalue weighted by Gasteiger charge is 1.92. The zero-order valence-corrected chi connectivity index (χ0v) is 12.7. The van der Waals surface area contributed by atoms with Crippen molar-refractivity contribution in [1.82, 2.24) is 5.32 Å². The lowest BCUT2D eigenvalue weighted by Gasteiger charge is -2.08. The first kappa shape index (κ1) is 16.0. The van der Waals surface area contributed by atoms with Gasteiger partial charge in [0, 0.05) is 12.2 Å². The minimum atomic E-state index is 0.816. The monoisotopic (exact) mass is 336 g/mol. The highest BCUT2D eigenvalue weighted by atomic mass is 127. The summed E-state index contributed by atoms with van der Waals surface area (Å²) in [6.45, 7) is 6.21. The van der Waals surface area contributed by atoms with E-state index in [1.165, 1.54) is 22.1 Å². The molecule has 0 spiro atoms. The first-order chi connectivity index (χ1) is 7.70. The summed E-state index contributed by atoms with van der Waals surface area (Å²) in [4.78, 5) is 0. The zero-order valence-electron chi connectivity index (χ0n) is 10.6. The molecule has 0 fully saturated rings. The minimum Gasteiger partial charge on any atom is -0.389 e. The van der Waals surface area contributed by atoms with Gasteiger partial charge in [0.15, 0.2) is 0 Å². The van der Waals surface area contributed by atoms with E-state index in [-0.39, 0.29) is 0 Å². The van der Waals surface area contributed by atoms with Gasteiger partial charge in [-0.05, 0) is 65.3 Å². The van der Waals surface area contributed by atoms with Crippen molar-refractivity contribution in [2.45, 2.75) is 46.0 Å². The molecule has 0 atom stereocenters. The zero-order chi connectivity index (χ0) is 12.2. The topological polar surface area (TPSA) is 38.0 Å². The third-order valence-electron chi connectivity index (χ3n) is 2.38. The van der Waals surface area contributed by atoms with Crippen molar-refractivity contribution < 1.29 is 0 Å². The van der Waals surface area contributed by atoms with Crippen molar-refractivity contribution in [2.75, 3.05) is 13.1 Å². The SMILES string of the molecule is CC/C(=C\C/C=C(/C)I)NCCCCCN. The predicted octanol–water partition coefficient (Wildman–Crippen LogP) is 3.73. The average molecular weight is 336 g/mol. The summed E-state index contributed by atoms with van der Waals surface area (Å²) in [5, 5.41) is 3.49. The number of rotatable bonds is 9. The predicted molar refractivity (Wildman–Crippen MR) is 81.7 cm³/mol. The van der Waals surface area contributed by atoms with Crippen LogP contribution in [0.1, 0.15) is 46.0 Å². The standard InChI is InChI=1S/C13H25IN2/c1-3-13(9-7-8-12(2)14)16-11-6-4-5-10-15/h8-9,16H,3-7,10-11,15H2,1-2H3/b12-8-,13-9+. The van der Waals surface area contributed by atoms with Gasteiger partial charge in [0.05, 0.1) is 0 Å². The molecule has 0 aromatic rings. The Morgan fingerprint density at radius 2 is 2.00 bits per heavy atom. The Hall–Kier alpha value is -0.0300. The van der Waals surface area contributed by atoms with E-state index >= 15 is 0 Å². The molecule has 0 aliphatic rings. The Labute approximate surface area is 114 Å². The van der Waals surface area contributed by atoms with Gasteiger partial charge in [0.25, 0.3) is 0 Å². The molecular weight excluding hydrogens is 311 g/mol. The van der Waals surface area contributed by atoms with Crippen LogP contribution >= 0.6 is 22.6 Å². The van der Waals surface area contributed by atoms with E-state index in [0.717, 1.165) is 32.4 Å². The summed E-state index contributed by atoms with van der Waals surface area (Å²) in [7, 11) is 0. The van der Waals surface area contributed by atoms with Crippen molar-refractivity contribution in [3.8, 4) is 0 Å². The van der Waals surface area contributed by atoms with Crippen LogP contribution in [-0.4, -0.2) is 13.1 Å². The van der Waals surface area contributed by atoms with E-state index < -0.39 is 0 Å². The molecule has 0 amide bonds. The number of unbranched alkanes of at least 4 members (excludes halogenated alkanes) is 2. The van der Waals surface area contributed by atoms with Crippen LogP contribution in [-0.2, 0) is 0 Å². The fraction of sp³-hybridized carbons (Fsp3) is 0.692. The smallest absolute Gasteiger partial charge is 0.0143 e. The quantitative estimate of drug-likeness (QED) is 0.497. The number of hydrogen-bond donors (Lipinski definition) is 2. The molecule has 0 aromatic heterocycles. The van der Waals surface area contributed by atoms with Gasteiger partial charge in [-0.2, -0.15) is 0 Å². The third kappa shape index (κ3) is 10.5. The van der Waals surface area contributed by atoms with E-state index in [2.05, 4.69) is 53.9 Å². The Morgan fingerprint density at radius 3 is 2.56 bits per heavy atom. The largest absolute Gasteiger partial charge is 0.389 e. The molecule has 0 aromatic carbocycles. The Bertz CT molecular complexity index is 218. The molecule has 0 rings (SSSR count). The summed E-state index contributed by atoms with van der Waals surface area (Å²) in [6, 6.07) is 0. The van der Waals surface area contributed by atoms with Crippen LogP contribution in [0.4, 0.5) is 0 Å². The van der Waals surface area contributed by atoms with E-state index in [1.54, 1.807) is 0 Å². The van der Waals surface area contributed by atoms with Crippen LogP contribution in [0, 0.1) is 0 Å². The normalized spacial score (nSPS) is 13.0. The summed E-state index contributed by atoms with van der Waals surface area (Å²) in [5.41, 5.74) is 6.81. The number of nitrogens with one attached hydrogen (secondary N) is 1. The van der Waals surface area contributed by atoms with Crippen LogP contribution in [0.5, 0.6) is 0 Å². The van der Waals surface area contributed by atoms with Gasteiger partial charge in [0.2, 0.25) is 0 Å². The van der Waals surface area contributed by atoms with E-state index in [1.807, 2.05) is 0 Å². The second kappa shape index (κ2) is 11.5. The van der Waals surface area contributed by atoms with Crippen LogP contribution in [0.2, 0.25) is 0 Å². The Morgan fingerprint density at radius 1 is 1.25 bits per heavy atom. The maximum atomic E-state index is 5.45. The van der Waals surface area contributed by atoms with Crippen molar-refractivity contribution in [1.29, 1.82) is 0 Å². The molecule has 2 nitrogen and oxygen atoms in total. The maximum absolute atomic E-state index is 5.45. The van der Waals surface area contributed by atoms with E-state index in [0.29, 0.717) is 0 Å². The molecule has 94 valence electrons. The lowest BCUT2D eigenvalue weighted by atomic mass is 10.2. The summed E-state index contributed by atoms with van der Waals surface area (Å²) < 4.78 is 1.35. The highest BCUT2D eigenvalue weighted by molar-refractivity contribution is 14.1. The lowest BCUT2D eigenvalue weighted by Crippen LogP contribution is -2.14. The first-order valence-electron chi connectivity index (χ1n) is 6.16. The van der Waals surface area contributed by atoms with Crippen molar-refractivity contribution in [3.05, 3.63) is 21.4 Å². The molecule has 0 aliphatic carbocycles. The molecule has 16 heavy (non-hydrogen) atoms. The van der Waals surface area contributed by atoms with E-state index in [4.69, 9.17) is 5.73 Å². The summed E-state index contributed by atoms with van der Waals surface area (Å²) in [6.07, 6.45) is 10.2. The second-order valence-electron chi connectivity index (χ2n) is 3.89. The van der Waals surface area contributed by atoms with Crippen LogP contribution in [0.3, 0.4) is 0 Å². The molecule has 0 heterocycles. The molecule has 0 saturated carbocycles. The van der Waals surface area contributed by atoms with Gasteiger partial charge in [-0.25, -0.2) is 0 Å². The van der Waals surface area contributed by atoms with Crippen LogP contribution < -0.4 is 11.1 Å². The number of allylic oxidation sites excluding steroid dienone is 4. The van der Waals surface area contributed by atoms with Crippen molar-refractivity contribution in [2.24, 2.45) is 5.73 Å². The summed E-state index contributed by atoms with van der Waals surface area (Å²) >= 11 is 2.34. The number of halogens is 1. The molecule has 0 bridgehead atoms. The molecule has 3 heteroatoms. The van der Waals surface area contributed by atoms with Gasteiger partial charge in [-0.1, -0.05) is 25.5 Å². The van der Waals surface area contributed by atoms with Gasteiger partial charge in [0.1, 0.15) is 0 Å². The minimum absolute atomic E-state index is 0.816. The Kier molecular flexibility index (Phi) is 11.4. The molecular formula is C13H25IN2. The van der Waals surface area contributed by atoms with Crippen molar-refractivity contribution >= 4 is 22.6 Å². The maximum Gasteiger partial charge on any atom is 0.0143 e. The number of hydrogen-bond acceptors (Lipinski definition) is 2. The van der Waals surface area contributed by atoms with Crippen LogP contribution in [0.15, 0.2) is 21.4 Å². The fourth-order valence-electron chi connectivity index (χ4n) is 1.40. The molecule has 0 saturated heterocycles. The lowest BCUT2D eigenvalue weighted by molar-refractivity contribution is 0.640. The van der Waals surface area contributed by atoms with Gasteiger partial charge < -0.3 is 11.1 Å². The highest BCUT2D eigenvalue weighted by Crippen LogP contribution is 2.06. The fourth-order valence-corrected chi connectivity index (χ4v) is 1.65. The van der Waals surface area contributed by atoms with Crippen LogP contribution in [0.25, 0.3) is 0 Å². The van der Waals surface area contributed by atoms with Gasteiger partial charge >= 0.3 is 0 Å².